The van der Waals surface area contributed by atoms with E-state index in [1.54, 1.807) is 0 Å². The summed E-state index contributed by atoms with van der Waals surface area (Å²) in [7, 11) is 1.18. The lowest BCUT2D eigenvalue weighted by Gasteiger charge is -2.29. The van der Waals surface area contributed by atoms with Gasteiger partial charge in [0.05, 0.1) is 0 Å². The minimum Gasteiger partial charge on any atom is -0.122 e. The molecular formula is C8H19ClSi. The summed E-state index contributed by atoms with van der Waals surface area (Å²) in [5.41, 5.74) is 0. The zero-order valence-electron chi connectivity index (χ0n) is 7.74. The van der Waals surface area contributed by atoms with E-state index in [1.165, 1.54) is 16.7 Å². The van der Waals surface area contributed by atoms with Crippen molar-refractivity contribution < 1.29 is 0 Å². The molecule has 0 aromatic heterocycles. The van der Waals surface area contributed by atoms with Crippen molar-refractivity contribution in [3.8, 4) is 0 Å². The molecule has 62 valence electrons. The van der Waals surface area contributed by atoms with Crippen LogP contribution in [-0.4, -0.2) is 15.6 Å². The van der Waals surface area contributed by atoms with Crippen molar-refractivity contribution in [3.63, 3.8) is 0 Å². The third-order valence-electron chi connectivity index (χ3n) is 1.97. The first-order valence-electron chi connectivity index (χ1n) is 4.03. The van der Waals surface area contributed by atoms with E-state index in [-0.39, 0.29) is 0 Å². The molecule has 0 amide bonds. The van der Waals surface area contributed by atoms with Crippen LogP contribution in [0.3, 0.4) is 0 Å². The molecule has 0 rings (SSSR count). The Morgan fingerprint density at radius 1 is 1.50 bits per heavy atom. The molecule has 0 aliphatic rings. The molecule has 0 radical (unpaired) electrons. The zero-order valence-corrected chi connectivity index (χ0v) is 10.5. The molecule has 0 heterocycles. The van der Waals surface area contributed by atoms with Crippen LogP contribution in [0.5, 0.6) is 0 Å². The average molecular weight is 179 g/mol. The molecule has 0 bridgehead atoms. The van der Waals surface area contributed by atoms with E-state index in [2.05, 4.69) is 27.7 Å². The van der Waals surface area contributed by atoms with E-state index in [0.29, 0.717) is 16.3 Å². The number of rotatable bonds is 3. The molecule has 0 aromatic carbocycles. The summed E-state index contributed by atoms with van der Waals surface area (Å²) in [4.78, 5) is 0. The van der Waals surface area contributed by atoms with Gasteiger partial charge in [-0.15, -0.1) is 11.6 Å². The quantitative estimate of drug-likeness (QED) is 0.459. The molecule has 0 saturated heterocycles. The maximum atomic E-state index is 6.24. The summed E-state index contributed by atoms with van der Waals surface area (Å²) in [6, 6.07) is 0. The van der Waals surface area contributed by atoms with Crippen molar-refractivity contribution in [1.29, 1.82) is 0 Å². The molecule has 2 heteroatoms. The van der Waals surface area contributed by atoms with Gasteiger partial charge in [-0.2, -0.15) is 0 Å². The fraction of sp³-hybridized carbons (Fsp3) is 1.00. The largest absolute Gasteiger partial charge is 0.122 e. The number of hydrogen-bond acceptors (Lipinski definition) is 0. The SMILES string of the molecule is CCC(C)C(Cl)C(C)(C)[SiH3]. The molecule has 0 fully saturated rings. The van der Waals surface area contributed by atoms with Crippen LogP contribution in [0, 0.1) is 5.92 Å². The lowest BCUT2D eigenvalue weighted by molar-refractivity contribution is 0.452. The fourth-order valence-corrected chi connectivity index (χ4v) is 1.81. The molecule has 0 N–H and O–H groups in total. The smallest absolute Gasteiger partial charge is 0.0379 e. The Bertz CT molecular complexity index is 95.9. The van der Waals surface area contributed by atoms with Crippen molar-refractivity contribution >= 4 is 21.8 Å². The van der Waals surface area contributed by atoms with E-state index in [1.807, 2.05) is 0 Å². The summed E-state index contributed by atoms with van der Waals surface area (Å²) >= 11 is 6.24. The maximum Gasteiger partial charge on any atom is 0.0379 e. The molecule has 0 aliphatic carbocycles. The van der Waals surface area contributed by atoms with E-state index in [9.17, 15) is 0 Å². The van der Waals surface area contributed by atoms with E-state index < -0.39 is 0 Å². The maximum absolute atomic E-state index is 6.24. The van der Waals surface area contributed by atoms with Crippen LogP contribution >= 0.6 is 11.6 Å². The van der Waals surface area contributed by atoms with Crippen LogP contribution in [0.25, 0.3) is 0 Å². The highest BCUT2D eigenvalue weighted by molar-refractivity contribution is 6.28. The van der Waals surface area contributed by atoms with Crippen molar-refractivity contribution in [2.24, 2.45) is 5.92 Å². The Hall–Kier alpha value is 0.507. The van der Waals surface area contributed by atoms with Gasteiger partial charge in [0.15, 0.2) is 0 Å². The van der Waals surface area contributed by atoms with Crippen LogP contribution in [0.2, 0.25) is 5.04 Å². The Kier molecular flexibility index (Phi) is 3.96. The van der Waals surface area contributed by atoms with Crippen molar-refractivity contribution in [1.82, 2.24) is 0 Å². The highest BCUT2D eigenvalue weighted by Gasteiger charge is 2.26. The Morgan fingerprint density at radius 2 is 1.90 bits per heavy atom. The van der Waals surface area contributed by atoms with Crippen LogP contribution < -0.4 is 0 Å². The summed E-state index contributed by atoms with van der Waals surface area (Å²) in [5.74, 6) is 0.661. The predicted molar refractivity (Wildman–Crippen MR) is 53.1 cm³/mol. The highest BCUT2D eigenvalue weighted by Crippen LogP contribution is 2.35. The monoisotopic (exact) mass is 178 g/mol. The second-order valence-corrected chi connectivity index (χ2v) is 7.20. The number of alkyl halides is 1. The van der Waals surface area contributed by atoms with Gasteiger partial charge >= 0.3 is 0 Å². The molecule has 0 aromatic rings. The summed E-state index contributed by atoms with van der Waals surface area (Å²) in [5, 5.41) is 0.751. The first-order valence-corrected chi connectivity index (χ1v) is 5.47. The van der Waals surface area contributed by atoms with E-state index in [0.717, 1.165) is 0 Å². The molecule has 0 spiro atoms. The minimum absolute atomic E-state index is 0.365. The van der Waals surface area contributed by atoms with Gasteiger partial charge in [0.25, 0.3) is 0 Å². The van der Waals surface area contributed by atoms with Gasteiger partial charge in [-0.3, -0.25) is 0 Å². The number of halogens is 1. The normalized spacial score (nSPS) is 18.9. The second kappa shape index (κ2) is 3.77. The summed E-state index contributed by atoms with van der Waals surface area (Å²) in [6.45, 7) is 8.94. The standard InChI is InChI=1S/C8H19ClSi/c1-5-6(2)7(9)8(3,4)10/h6-7H,5H2,1-4,10H3. The van der Waals surface area contributed by atoms with Crippen molar-refractivity contribution in [2.45, 2.75) is 44.5 Å². The minimum atomic E-state index is 0.365. The molecule has 2 unspecified atom stereocenters. The zero-order chi connectivity index (χ0) is 8.36. The lowest BCUT2D eigenvalue weighted by Crippen LogP contribution is -2.24. The van der Waals surface area contributed by atoms with Crippen LogP contribution in [-0.2, 0) is 0 Å². The van der Waals surface area contributed by atoms with Gasteiger partial charge in [-0.1, -0.05) is 34.1 Å². The summed E-state index contributed by atoms with van der Waals surface area (Å²) < 4.78 is 0. The third kappa shape index (κ3) is 3.06. The lowest BCUT2D eigenvalue weighted by atomic mass is 9.95. The number of hydrogen-bond donors (Lipinski definition) is 0. The fourth-order valence-electron chi connectivity index (χ4n) is 1.06. The van der Waals surface area contributed by atoms with Gasteiger partial charge in [0.2, 0.25) is 0 Å². The molecular weight excluding hydrogens is 160 g/mol. The third-order valence-corrected chi connectivity index (χ3v) is 4.04. The van der Waals surface area contributed by atoms with Crippen molar-refractivity contribution in [2.75, 3.05) is 0 Å². The molecule has 10 heavy (non-hydrogen) atoms. The second-order valence-electron chi connectivity index (χ2n) is 4.15. The summed E-state index contributed by atoms with van der Waals surface area (Å²) in [6.07, 6.45) is 1.19. The molecule has 0 nitrogen and oxygen atoms in total. The average Bonchev–Trinajstić information content (AvgIpc) is 1.83. The van der Waals surface area contributed by atoms with Gasteiger partial charge in [0, 0.05) is 15.6 Å². The van der Waals surface area contributed by atoms with Crippen LogP contribution in [0.4, 0.5) is 0 Å². The molecule has 0 saturated carbocycles. The van der Waals surface area contributed by atoms with Gasteiger partial charge in [-0.25, -0.2) is 0 Å². The first kappa shape index (κ1) is 10.5. The van der Waals surface area contributed by atoms with E-state index >= 15 is 0 Å². The highest BCUT2D eigenvalue weighted by atomic mass is 35.5. The van der Waals surface area contributed by atoms with Gasteiger partial charge < -0.3 is 0 Å². The van der Waals surface area contributed by atoms with Gasteiger partial charge in [0.1, 0.15) is 0 Å². The first-order chi connectivity index (χ1) is 4.39. The van der Waals surface area contributed by atoms with Crippen LogP contribution in [0.1, 0.15) is 34.1 Å². The van der Waals surface area contributed by atoms with Crippen LogP contribution in [0.15, 0.2) is 0 Å². The molecule has 2 atom stereocenters. The van der Waals surface area contributed by atoms with Crippen molar-refractivity contribution in [3.05, 3.63) is 0 Å². The predicted octanol–water partition coefficient (Wildman–Crippen LogP) is 2.20. The Morgan fingerprint density at radius 3 is 2.00 bits per heavy atom. The van der Waals surface area contributed by atoms with Gasteiger partial charge in [-0.05, 0) is 11.0 Å². The molecule has 0 aliphatic heterocycles. The topological polar surface area (TPSA) is 0 Å². The van der Waals surface area contributed by atoms with E-state index in [4.69, 9.17) is 11.6 Å². The Labute approximate surface area is 72.8 Å². The Balaban J connectivity index is 3.94.